The van der Waals surface area contributed by atoms with Gasteiger partial charge in [0.25, 0.3) is 0 Å². The first-order valence-corrected chi connectivity index (χ1v) is 14.3. The minimum absolute atomic E-state index is 0.140. The summed E-state index contributed by atoms with van der Waals surface area (Å²) in [4.78, 5) is 0. The number of benzene rings is 6. The zero-order valence-electron chi connectivity index (χ0n) is 23.3. The second-order valence-corrected chi connectivity index (χ2v) is 11.5. The van der Waals surface area contributed by atoms with Gasteiger partial charge in [0.1, 0.15) is 0 Å². The standard InChI is InChI=1S/C39H30N2/c1-39(2,27-19-23-29(24-20-27)40-35-15-7-3-11-31(35)32-12-4-8-16-36(32)40)28-21-25-30(26-22-28)41-37-17-9-5-13-33(37)34-14-6-10-18-38(34)41/h3-26H,1-2H3. The Morgan fingerprint density at radius 1 is 0.341 bits per heavy atom. The van der Waals surface area contributed by atoms with Crippen LogP contribution in [0, 0.1) is 0 Å². The minimum atomic E-state index is -0.140. The van der Waals surface area contributed by atoms with Gasteiger partial charge in [-0.15, -0.1) is 0 Å². The predicted molar refractivity (Wildman–Crippen MR) is 174 cm³/mol. The molecule has 0 N–H and O–H groups in total. The molecule has 0 radical (unpaired) electrons. The third-order valence-electron chi connectivity index (χ3n) is 8.85. The molecular weight excluding hydrogens is 496 g/mol. The second kappa shape index (κ2) is 8.97. The highest BCUT2D eigenvalue weighted by atomic mass is 15.0. The first-order chi connectivity index (χ1) is 20.1. The van der Waals surface area contributed by atoms with Crippen LogP contribution in [-0.4, -0.2) is 9.13 Å². The van der Waals surface area contributed by atoms with E-state index >= 15 is 0 Å². The molecule has 0 atom stereocenters. The molecule has 0 saturated heterocycles. The fourth-order valence-corrected chi connectivity index (χ4v) is 6.62. The van der Waals surface area contributed by atoms with Crippen molar-refractivity contribution in [2.45, 2.75) is 19.3 Å². The Bertz CT molecular complexity index is 1940. The van der Waals surface area contributed by atoms with Gasteiger partial charge in [0.15, 0.2) is 0 Å². The van der Waals surface area contributed by atoms with Crippen molar-refractivity contribution >= 4 is 43.6 Å². The van der Waals surface area contributed by atoms with E-state index in [4.69, 9.17) is 0 Å². The molecule has 6 aromatic carbocycles. The molecule has 2 aromatic heterocycles. The van der Waals surface area contributed by atoms with Crippen LogP contribution in [-0.2, 0) is 5.41 Å². The Morgan fingerprint density at radius 3 is 0.902 bits per heavy atom. The summed E-state index contributed by atoms with van der Waals surface area (Å²) in [7, 11) is 0. The zero-order chi connectivity index (χ0) is 27.6. The Kier molecular flexibility index (Phi) is 5.20. The summed E-state index contributed by atoms with van der Waals surface area (Å²) in [5, 5.41) is 5.15. The number of rotatable bonds is 4. The maximum absolute atomic E-state index is 2.38. The first-order valence-electron chi connectivity index (χ1n) is 14.3. The quantitative estimate of drug-likeness (QED) is 0.216. The van der Waals surface area contributed by atoms with Crippen LogP contribution in [0.25, 0.3) is 55.0 Å². The van der Waals surface area contributed by atoms with Gasteiger partial charge < -0.3 is 9.13 Å². The van der Waals surface area contributed by atoms with Crippen LogP contribution >= 0.6 is 0 Å². The maximum Gasteiger partial charge on any atom is 0.0541 e. The molecule has 8 aromatic rings. The van der Waals surface area contributed by atoms with Gasteiger partial charge >= 0.3 is 0 Å². The molecule has 2 heterocycles. The number of hydrogen-bond acceptors (Lipinski definition) is 0. The van der Waals surface area contributed by atoms with E-state index in [-0.39, 0.29) is 5.41 Å². The molecule has 2 nitrogen and oxygen atoms in total. The van der Waals surface area contributed by atoms with Crippen molar-refractivity contribution in [3.8, 4) is 11.4 Å². The molecule has 0 fully saturated rings. The molecule has 0 spiro atoms. The molecule has 196 valence electrons. The second-order valence-electron chi connectivity index (χ2n) is 11.5. The van der Waals surface area contributed by atoms with Crippen LogP contribution in [0.15, 0.2) is 146 Å². The number of hydrogen-bond donors (Lipinski definition) is 0. The fourth-order valence-electron chi connectivity index (χ4n) is 6.62. The molecular formula is C39H30N2. The fraction of sp³-hybridized carbons (Fsp3) is 0.0769. The van der Waals surface area contributed by atoms with E-state index in [1.165, 1.54) is 66.1 Å². The lowest BCUT2D eigenvalue weighted by Crippen LogP contribution is -2.19. The lowest BCUT2D eigenvalue weighted by atomic mass is 9.78. The zero-order valence-corrected chi connectivity index (χ0v) is 23.3. The third-order valence-corrected chi connectivity index (χ3v) is 8.85. The van der Waals surface area contributed by atoms with Crippen molar-refractivity contribution in [1.82, 2.24) is 9.13 Å². The molecule has 0 aliphatic heterocycles. The summed E-state index contributed by atoms with van der Waals surface area (Å²) in [6, 6.07) is 52.9. The van der Waals surface area contributed by atoms with Gasteiger partial charge in [0.2, 0.25) is 0 Å². The number of fused-ring (bicyclic) bond motifs is 6. The van der Waals surface area contributed by atoms with E-state index in [1.807, 2.05) is 0 Å². The van der Waals surface area contributed by atoms with Crippen LogP contribution in [0.1, 0.15) is 25.0 Å². The molecule has 2 heteroatoms. The van der Waals surface area contributed by atoms with Crippen molar-refractivity contribution in [3.05, 3.63) is 157 Å². The number of nitrogens with zero attached hydrogens (tertiary/aromatic N) is 2. The Morgan fingerprint density at radius 2 is 0.610 bits per heavy atom. The van der Waals surface area contributed by atoms with E-state index in [0.717, 1.165) is 0 Å². The van der Waals surface area contributed by atoms with Crippen molar-refractivity contribution < 1.29 is 0 Å². The third kappa shape index (κ3) is 3.57. The van der Waals surface area contributed by atoms with Gasteiger partial charge in [-0.1, -0.05) is 111 Å². The van der Waals surface area contributed by atoms with Gasteiger partial charge in [-0.3, -0.25) is 0 Å². The van der Waals surface area contributed by atoms with Gasteiger partial charge in [0.05, 0.1) is 22.1 Å². The summed E-state index contributed by atoms with van der Waals surface area (Å²) < 4.78 is 4.75. The van der Waals surface area contributed by atoms with Crippen molar-refractivity contribution in [2.24, 2.45) is 0 Å². The molecule has 0 aliphatic carbocycles. The highest BCUT2D eigenvalue weighted by molar-refractivity contribution is 6.10. The summed E-state index contributed by atoms with van der Waals surface area (Å²) in [5.41, 5.74) is 9.77. The van der Waals surface area contributed by atoms with Crippen LogP contribution in [0.3, 0.4) is 0 Å². The van der Waals surface area contributed by atoms with Crippen molar-refractivity contribution in [3.63, 3.8) is 0 Å². The molecule has 0 bridgehead atoms. The average molecular weight is 527 g/mol. The molecule has 0 amide bonds. The monoisotopic (exact) mass is 526 g/mol. The largest absolute Gasteiger partial charge is 0.309 e. The van der Waals surface area contributed by atoms with Crippen molar-refractivity contribution in [2.75, 3.05) is 0 Å². The van der Waals surface area contributed by atoms with Crippen LogP contribution in [0.2, 0.25) is 0 Å². The predicted octanol–water partition coefficient (Wildman–Crippen LogP) is 10.2. The summed E-state index contributed by atoms with van der Waals surface area (Å²) in [6.07, 6.45) is 0. The SMILES string of the molecule is CC(C)(c1ccc(-n2c3ccccc3c3ccccc32)cc1)c1ccc(-n2c3ccccc3c3ccccc32)cc1. The maximum atomic E-state index is 2.38. The lowest BCUT2D eigenvalue weighted by molar-refractivity contribution is 0.640. The normalized spacial score (nSPS) is 12.1. The molecule has 0 aliphatic rings. The smallest absolute Gasteiger partial charge is 0.0541 e. The van der Waals surface area contributed by atoms with Crippen LogP contribution in [0.4, 0.5) is 0 Å². The Balaban J connectivity index is 1.17. The van der Waals surface area contributed by atoms with Gasteiger partial charge in [0, 0.05) is 38.3 Å². The molecule has 8 rings (SSSR count). The van der Waals surface area contributed by atoms with E-state index in [0.29, 0.717) is 0 Å². The van der Waals surface area contributed by atoms with Gasteiger partial charge in [-0.25, -0.2) is 0 Å². The first kappa shape index (κ1) is 23.8. The minimum Gasteiger partial charge on any atom is -0.309 e. The Labute approximate surface area is 239 Å². The van der Waals surface area contributed by atoms with Crippen LogP contribution < -0.4 is 0 Å². The summed E-state index contributed by atoms with van der Waals surface area (Å²) in [5.74, 6) is 0. The summed E-state index contributed by atoms with van der Waals surface area (Å²) >= 11 is 0. The highest BCUT2D eigenvalue weighted by Crippen LogP contribution is 2.36. The number of para-hydroxylation sites is 4. The lowest BCUT2D eigenvalue weighted by Gasteiger charge is -2.27. The topological polar surface area (TPSA) is 9.86 Å². The molecule has 41 heavy (non-hydrogen) atoms. The van der Waals surface area contributed by atoms with Gasteiger partial charge in [-0.05, 0) is 59.7 Å². The van der Waals surface area contributed by atoms with E-state index < -0.39 is 0 Å². The van der Waals surface area contributed by atoms with Crippen molar-refractivity contribution in [1.29, 1.82) is 0 Å². The van der Waals surface area contributed by atoms with E-state index in [9.17, 15) is 0 Å². The Hall–Kier alpha value is -5.08. The van der Waals surface area contributed by atoms with E-state index in [1.54, 1.807) is 0 Å². The van der Waals surface area contributed by atoms with Gasteiger partial charge in [-0.2, -0.15) is 0 Å². The average Bonchev–Trinajstić information content (AvgIpc) is 3.54. The molecule has 0 unspecified atom stereocenters. The van der Waals surface area contributed by atoms with E-state index in [2.05, 4.69) is 169 Å². The molecule has 0 saturated carbocycles. The van der Waals surface area contributed by atoms with Crippen LogP contribution in [0.5, 0.6) is 0 Å². The number of aromatic nitrogens is 2. The summed E-state index contributed by atoms with van der Waals surface area (Å²) in [6.45, 7) is 4.63. The highest BCUT2D eigenvalue weighted by Gasteiger charge is 2.24.